The molecule has 1 rings (SSSR count). The molecule has 11 heavy (non-hydrogen) atoms. The number of hydrogen-bond donors (Lipinski definition) is 3. The summed E-state index contributed by atoms with van der Waals surface area (Å²) >= 11 is 0. The minimum atomic E-state index is -4.07. The Labute approximate surface area is 65.2 Å². The van der Waals surface area contributed by atoms with E-state index < -0.39 is 14.3 Å². The first-order valence-corrected chi connectivity index (χ1v) is 4.91. The molecule has 2 atom stereocenters. The molecule has 0 aliphatic carbocycles. The van der Waals surface area contributed by atoms with Crippen LogP contribution in [0.15, 0.2) is 0 Å². The summed E-state index contributed by atoms with van der Waals surface area (Å²) in [6, 6.07) is 0. The normalized spacial score (nSPS) is 32.7. The van der Waals surface area contributed by atoms with E-state index in [1.807, 2.05) is 6.92 Å². The molecule has 1 saturated heterocycles. The van der Waals surface area contributed by atoms with Gasteiger partial charge in [-0.15, -0.1) is 4.52 Å². The lowest BCUT2D eigenvalue weighted by Crippen LogP contribution is -2.12. The van der Waals surface area contributed by atoms with Gasteiger partial charge in [0.05, 0.1) is 12.7 Å². The average molecular weight is 183 g/mol. The second-order valence-corrected chi connectivity index (χ2v) is 3.86. The van der Waals surface area contributed by atoms with Crippen LogP contribution in [0.1, 0.15) is 13.3 Å². The molecule has 1 fully saturated rings. The summed E-state index contributed by atoms with van der Waals surface area (Å²) in [4.78, 5) is 25.5. The minimum absolute atomic E-state index is 0.0616. The van der Waals surface area contributed by atoms with Gasteiger partial charge in [-0.3, -0.25) is 0 Å². The van der Waals surface area contributed by atoms with Crippen LogP contribution in [0.2, 0.25) is 0 Å². The van der Waals surface area contributed by atoms with E-state index in [1.54, 1.807) is 0 Å². The number of rotatable bonds is 2. The standard InChI is InChI=1S/C5H12O5P/c1-4-2-5(3-9-4)10-11(6,7)8/h4-8H,2-3H2,1H3/q+1. The minimum Gasteiger partial charge on any atom is -0.376 e. The zero-order valence-corrected chi connectivity index (χ0v) is 7.07. The summed E-state index contributed by atoms with van der Waals surface area (Å²) in [5.41, 5.74) is 0. The third-order valence-corrected chi connectivity index (χ3v) is 2.03. The van der Waals surface area contributed by atoms with Crippen molar-refractivity contribution in [3.63, 3.8) is 0 Å². The van der Waals surface area contributed by atoms with E-state index in [0.717, 1.165) is 0 Å². The third-order valence-electron chi connectivity index (χ3n) is 1.45. The summed E-state index contributed by atoms with van der Waals surface area (Å²) in [5, 5.41) is 0. The fourth-order valence-corrected chi connectivity index (χ4v) is 1.60. The lowest BCUT2D eigenvalue weighted by atomic mass is 10.2. The molecule has 0 bridgehead atoms. The molecular formula is C5H12O5P+. The van der Waals surface area contributed by atoms with Crippen LogP contribution in [0.4, 0.5) is 0 Å². The van der Waals surface area contributed by atoms with Crippen LogP contribution >= 0.6 is 8.17 Å². The molecular weight excluding hydrogens is 171 g/mol. The molecule has 0 aromatic heterocycles. The molecule has 0 amide bonds. The topological polar surface area (TPSA) is 79.2 Å². The zero-order valence-electron chi connectivity index (χ0n) is 6.17. The third kappa shape index (κ3) is 3.42. The zero-order chi connectivity index (χ0) is 8.48. The Morgan fingerprint density at radius 1 is 1.45 bits per heavy atom. The van der Waals surface area contributed by atoms with E-state index in [0.29, 0.717) is 13.0 Å². The maximum Gasteiger partial charge on any atom is 0.567 e. The van der Waals surface area contributed by atoms with Crippen molar-refractivity contribution >= 4 is 8.17 Å². The summed E-state index contributed by atoms with van der Waals surface area (Å²) in [6.07, 6.45) is 0.258. The van der Waals surface area contributed by atoms with Gasteiger partial charge in [0.2, 0.25) is 0 Å². The van der Waals surface area contributed by atoms with Gasteiger partial charge >= 0.3 is 8.17 Å². The van der Waals surface area contributed by atoms with E-state index >= 15 is 0 Å². The van der Waals surface area contributed by atoms with E-state index in [9.17, 15) is 0 Å². The van der Waals surface area contributed by atoms with Crippen molar-refractivity contribution in [2.45, 2.75) is 25.6 Å². The Kier molecular flexibility index (Phi) is 2.80. The van der Waals surface area contributed by atoms with Gasteiger partial charge in [0.15, 0.2) is 0 Å². The smallest absolute Gasteiger partial charge is 0.376 e. The quantitative estimate of drug-likeness (QED) is 0.518. The first kappa shape index (κ1) is 9.32. The molecule has 6 heteroatoms. The second kappa shape index (κ2) is 3.31. The molecule has 66 valence electrons. The van der Waals surface area contributed by atoms with E-state index in [4.69, 9.17) is 19.4 Å². The Hall–Kier alpha value is 0.230. The largest absolute Gasteiger partial charge is 0.567 e. The molecule has 0 saturated carbocycles. The van der Waals surface area contributed by atoms with Crippen LogP contribution in [0.3, 0.4) is 0 Å². The van der Waals surface area contributed by atoms with Gasteiger partial charge in [-0.2, -0.15) is 14.7 Å². The van der Waals surface area contributed by atoms with Crippen molar-refractivity contribution in [2.75, 3.05) is 6.61 Å². The van der Waals surface area contributed by atoms with Crippen LogP contribution in [0, 0.1) is 0 Å². The highest BCUT2D eigenvalue weighted by atomic mass is 31.2. The second-order valence-electron chi connectivity index (χ2n) is 2.62. The summed E-state index contributed by atoms with van der Waals surface area (Å²) < 4.78 is 9.59. The highest BCUT2D eigenvalue weighted by Crippen LogP contribution is 2.48. The fraction of sp³-hybridized carbons (Fsp3) is 1.00. The number of hydrogen-bond acceptors (Lipinski definition) is 5. The molecule has 0 aromatic carbocycles. The van der Waals surface area contributed by atoms with Crippen molar-refractivity contribution in [1.82, 2.24) is 0 Å². The first-order chi connectivity index (χ1) is 4.97. The van der Waals surface area contributed by atoms with Crippen molar-refractivity contribution in [1.29, 1.82) is 0 Å². The van der Waals surface area contributed by atoms with Gasteiger partial charge < -0.3 is 4.74 Å². The molecule has 5 nitrogen and oxygen atoms in total. The van der Waals surface area contributed by atoms with Crippen molar-refractivity contribution in [3.8, 4) is 0 Å². The SMILES string of the molecule is CC1CC(O[P+](O)(O)O)CO1. The van der Waals surface area contributed by atoms with Gasteiger partial charge in [-0.05, 0) is 6.92 Å². The molecule has 1 aliphatic rings. The molecule has 0 spiro atoms. The summed E-state index contributed by atoms with van der Waals surface area (Å²) in [6.45, 7) is 2.17. The van der Waals surface area contributed by atoms with Gasteiger partial charge in [0.1, 0.15) is 6.10 Å². The van der Waals surface area contributed by atoms with E-state index in [2.05, 4.69) is 4.52 Å². The van der Waals surface area contributed by atoms with Crippen molar-refractivity contribution < 1.29 is 23.9 Å². The molecule has 1 heterocycles. The van der Waals surface area contributed by atoms with E-state index in [-0.39, 0.29) is 6.10 Å². The highest BCUT2D eigenvalue weighted by Gasteiger charge is 2.40. The van der Waals surface area contributed by atoms with Gasteiger partial charge in [0, 0.05) is 6.42 Å². The maximum atomic E-state index is 8.51. The van der Waals surface area contributed by atoms with Crippen LogP contribution in [0.5, 0.6) is 0 Å². The van der Waals surface area contributed by atoms with Gasteiger partial charge in [0.25, 0.3) is 0 Å². The Balaban J connectivity index is 2.29. The summed E-state index contributed by atoms with van der Waals surface area (Å²) in [7, 11) is -4.07. The lowest BCUT2D eigenvalue weighted by Gasteiger charge is -2.06. The van der Waals surface area contributed by atoms with E-state index in [1.165, 1.54) is 0 Å². The predicted molar refractivity (Wildman–Crippen MR) is 38.5 cm³/mol. The van der Waals surface area contributed by atoms with Crippen LogP contribution in [-0.2, 0) is 9.26 Å². The molecule has 1 aliphatic heterocycles. The first-order valence-electron chi connectivity index (χ1n) is 3.34. The van der Waals surface area contributed by atoms with Crippen LogP contribution < -0.4 is 0 Å². The van der Waals surface area contributed by atoms with Crippen LogP contribution in [-0.4, -0.2) is 33.5 Å². The van der Waals surface area contributed by atoms with Crippen LogP contribution in [0.25, 0.3) is 0 Å². The van der Waals surface area contributed by atoms with Gasteiger partial charge in [-0.1, -0.05) is 0 Å². The molecule has 0 aromatic rings. The predicted octanol–water partition coefficient (Wildman–Crippen LogP) is -0.165. The molecule has 2 unspecified atom stereocenters. The van der Waals surface area contributed by atoms with Crippen molar-refractivity contribution in [2.24, 2.45) is 0 Å². The number of ether oxygens (including phenoxy) is 1. The fourth-order valence-electron chi connectivity index (χ4n) is 1.05. The molecule has 3 N–H and O–H groups in total. The lowest BCUT2D eigenvalue weighted by molar-refractivity contribution is 0.0775. The Morgan fingerprint density at radius 3 is 2.45 bits per heavy atom. The van der Waals surface area contributed by atoms with Crippen molar-refractivity contribution in [3.05, 3.63) is 0 Å². The Bertz CT molecular complexity index is 133. The van der Waals surface area contributed by atoms with Gasteiger partial charge in [-0.25, -0.2) is 0 Å². The molecule has 0 radical (unpaired) electrons. The maximum absolute atomic E-state index is 8.51. The summed E-state index contributed by atoms with van der Waals surface area (Å²) in [5.74, 6) is 0. The monoisotopic (exact) mass is 183 g/mol. The Morgan fingerprint density at radius 2 is 2.09 bits per heavy atom. The highest BCUT2D eigenvalue weighted by molar-refractivity contribution is 7.53. The average Bonchev–Trinajstić information content (AvgIpc) is 2.10.